The average Bonchev–Trinajstić information content (AvgIpc) is 2.38. The molecule has 1 aromatic carbocycles. The molecule has 5 heteroatoms. The van der Waals surface area contributed by atoms with Crippen LogP contribution in [0.4, 0.5) is 0 Å². The number of nitrogens with two attached hydrogens (primary N) is 1. The highest BCUT2D eigenvalue weighted by atomic mass is 32.2. The van der Waals surface area contributed by atoms with Crippen molar-refractivity contribution in [2.24, 2.45) is 11.7 Å². The van der Waals surface area contributed by atoms with Crippen LogP contribution in [0.2, 0.25) is 0 Å². The summed E-state index contributed by atoms with van der Waals surface area (Å²) >= 11 is 0. The maximum Gasteiger partial charge on any atom is 0.218 e. The molecule has 1 fully saturated rings. The van der Waals surface area contributed by atoms with Gasteiger partial charge in [-0.3, -0.25) is 0 Å². The van der Waals surface area contributed by atoms with Crippen molar-refractivity contribution in [1.82, 2.24) is 4.31 Å². The van der Waals surface area contributed by atoms with E-state index in [1.165, 1.54) is 0 Å². The molecule has 0 saturated carbocycles. The number of hydrogen-bond donors (Lipinski definition) is 1. The lowest BCUT2D eigenvalue weighted by atomic mass is 9.93. The number of sulfonamides is 1. The van der Waals surface area contributed by atoms with Crippen LogP contribution in [0.3, 0.4) is 0 Å². The summed E-state index contributed by atoms with van der Waals surface area (Å²) in [5, 5.41) is 0. The molecule has 2 atom stereocenters. The molecule has 0 bridgehead atoms. The predicted molar refractivity (Wildman–Crippen MR) is 81.7 cm³/mol. The molecule has 1 aliphatic rings. The Morgan fingerprint density at radius 1 is 1.45 bits per heavy atom. The molecule has 1 aliphatic heterocycles. The summed E-state index contributed by atoms with van der Waals surface area (Å²) in [6.07, 6.45) is 1.92. The summed E-state index contributed by atoms with van der Waals surface area (Å²) in [7, 11) is -3.24. The Balaban J connectivity index is 2.10. The molecule has 4 nitrogen and oxygen atoms in total. The van der Waals surface area contributed by atoms with Gasteiger partial charge in [0.05, 0.1) is 5.75 Å². The van der Waals surface area contributed by atoms with Gasteiger partial charge in [0.25, 0.3) is 0 Å². The van der Waals surface area contributed by atoms with Crippen molar-refractivity contribution in [2.45, 2.75) is 38.5 Å². The van der Waals surface area contributed by atoms with Gasteiger partial charge in [-0.15, -0.1) is 0 Å². The fourth-order valence-corrected chi connectivity index (χ4v) is 4.37. The molecule has 1 saturated heterocycles. The molecule has 112 valence electrons. The van der Waals surface area contributed by atoms with E-state index in [0.717, 1.165) is 24.0 Å². The minimum absolute atomic E-state index is 0.0481. The SMILES string of the molecule is Cc1cccc(CS(=O)(=O)N2CCCC(C(C)N)C2)c1. The highest BCUT2D eigenvalue weighted by molar-refractivity contribution is 7.88. The lowest BCUT2D eigenvalue weighted by Gasteiger charge is -2.33. The topological polar surface area (TPSA) is 63.4 Å². The van der Waals surface area contributed by atoms with E-state index >= 15 is 0 Å². The normalized spacial score (nSPS) is 22.6. The van der Waals surface area contributed by atoms with Crippen LogP contribution in [0.5, 0.6) is 0 Å². The Kier molecular flexibility index (Phi) is 4.83. The van der Waals surface area contributed by atoms with Crippen molar-refractivity contribution < 1.29 is 8.42 Å². The highest BCUT2D eigenvalue weighted by Gasteiger charge is 2.30. The Hall–Kier alpha value is -0.910. The van der Waals surface area contributed by atoms with Crippen LogP contribution in [0.15, 0.2) is 24.3 Å². The van der Waals surface area contributed by atoms with E-state index in [-0.39, 0.29) is 17.7 Å². The van der Waals surface area contributed by atoms with Crippen molar-refractivity contribution >= 4 is 10.0 Å². The number of rotatable bonds is 4. The van der Waals surface area contributed by atoms with Gasteiger partial charge >= 0.3 is 0 Å². The zero-order valence-electron chi connectivity index (χ0n) is 12.2. The van der Waals surface area contributed by atoms with Gasteiger partial charge in [0, 0.05) is 19.1 Å². The molecule has 0 aliphatic carbocycles. The maximum atomic E-state index is 12.5. The minimum atomic E-state index is -3.24. The van der Waals surface area contributed by atoms with Crippen molar-refractivity contribution in [2.75, 3.05) is 13.1 Å². The number of hydrogen-bond acceptors (Lipinski definition) is 3. The molecule has 2 unspecified atom stereocenters. The van der Waals surface area contributed by atoms with E-state index in [0.29, 0.717) is 13.1 Å². The third-order valence-electron chi connectivity index (χ3n) is 3.99. The summed E-state index contributed by atoms with van der Waals surface area (Å²) < 4.78 is 26.7. The van der Waals surface area contributed by atoms with Crippen molar-refractivity contribution in [3.8, 4) is 0 Å². The van der Waals surface area contributed by atoms with Gasteiger partial charge in [-0.25, -0.2) is 12.7 Å². The molecule has 1 heterocycles. The lowest BCUT2D eigenvalue weighted by Crippen LogP contribution is -2.45. The van der Waals surface area contributed by atoms with Crippen LogP contribution in [0.25, 0.3) is 0 Å². The van der Waals surface area contributed by atoms with Crippen molar-refractivity contribution in [3.63, 3.8) is 0 Å². The standard InChI is InChI=1S/C15H24N2O2S/c1-12-5-3-6-14(9-12)11-20(18,19)17-8-4-7-15(10-17)13(2)16/h3,5-6,9,13,15H,4,7-8,10-11,16H2,1-2H3. The number of nitrogens with zero attached hydrogens (tertiary/aromatic N) is 1. The van der Waals surface area contributed by atoms with E-state index in [9.17, 15) is 8.42 Å². The quantitative estimate of drug-likeness (QED) is 0.923. The van der Waals surface area contributed by atoms with Gasteiger partial charge in [0.2, 0.25) is 10.0 Å². The van der Waals surface area contributed by atoms with E-state index in [1.54, 1.807) is 4.31 Å². The fourth-order valence-electron chi connectivity index (χ4n) is 2.76. The molecule has 0 amide bonds. The summed E-state index contributed by atoms with van der Waals surface area (Å²) in [5.41, 5.74) is 7.87. The van der Waals surface area contributed by atoms with E-state index in [1.807, 2.05) is 38.1 Å². The van der Waals surface area contributed by atoms with Crippen LogP contribution in [0, 0.1) is 12.8 Å². The first-order valence-corrected chi connectivity index (χ1v) is 8.78. The molecule has 2 rings (SSSR count). The van der Waals surface area contributed by atoms with Gasteiger partial charge in [-0.2, -0.15) is 0 Å². The van der Waals surface area contributed by atoms with Gasteiger partial charge in [-0.1, -0.05) is 29.8 Å². The molecule has 0 radical (unpaired) electrons. The number of benzene rings is 1. The summed E-state index contributed by atoms with van der Waals surface area (Å²) in [5.74, 6) is 0.358. The zero-order valence-corrected chi connectivity index (χ0v) is 13.1. The average molecular weight is 296 g/mol. The van der Waals surface area contributed by atoms with E-state index in [4.69, 9.17) is 5.73 Å². The molecule has 20 heavy (non-hydrogen) atoms. The van der Waals surface area contributed by atoms with Crippen LogP contribution >= 0.6 is 0 Å². The van der Waals surface area contributed by atoms with Crippen LogP contribution in [-0.2, 0) is 15.8 Å². The van der Waals surface area contributed by atoms with Crippen molar-refractivity contribution in [3.05, 3.63) is 35.4 Å². The minimum Gasteiger partial charge on any atom is -0.328 e. The second-order valence-corrected chi connectivity index (χ2v) is 7.83. The summed E-state index contributed by atoms with van der Waals surface area (Å²) in [6.45, 7) is 5.12. The van der Waals surface area contributed by atoms with Crippen LogP contribution in [-0.4, -0.2) is 31.9 Å². The number of piperidine rings is 1. The first-order chi connectivity index (χ1) is 9.38. The molecule has 2 N–H and O–H groups in total. The summed E-state index contributed by atoms with van der Waals surface area (Å²) in [4.78, 5) is 0. The monoisotopic (exact) mass is 296 g/mol. The number of aryl methyl sites for hydroxylation is 1. The van der Waals surface area contributed by atoms with E-state index < -0.39 is 10.0 Å². The predicted octanol–water partition coefficient (Wildman–Crippen LogP) is 1.88. The Morgan fingerprint density at radius 2 is 2.20 bits per heavy atom. The molecule has 0 aromatic heterocycles. The Morgan fingerprint density at radius 3 is 2.85 bits per heavy atom. The molecular formula is C15H24N2O2S. The smallest absolute Gasteiger partial charge is 0.218 e. The van der Waals surface area contributed by atoms with Gasteiger partial charge in [0.1, 0.15) is 0 Å². The van der Waals surface area contributed by atoms with Crippen LogP contribution < -0.4 is 5.73 Å². The van der Waals surface area contributed by atoms with Crippen molar-refractivity contribution in [1.29, 1.82) is 0 Å². The van der Waals surface area contributed by atoms with Crippen LogP contribution in [0.1, 0.15) is 30.9 Å². The largest absolute Gasteiger partial charge is 0.328 e. The third kappa shape index (κ3) is 3.81. The maximum absolute atomic E-state index is 12.5. The molecule has 0 spiro atoms. The zero-order chi connectivity index (χ0) is 14.8. The van der Waals surface area contributed by atoms with E-state index in [2.05, 4.69) is 0 Å². The van der Waals surface area contributed by atoms with Gasteiger partial charge in [0.15, 0.2) is 0 Å². The first kappa shape index (κ1) is 15.5. The third-order valence-corrected chi connectivity index (χ3v) is 5.81. The molecular weight excluding hydrogens is 272 g/mol. The fraction of sp³-hybridized carbons (Fsp3) is 0.600. The van der Waals surface area contributed by atoms with Gasteiger partial charge < -0.3 is 5.73 Å². The second-order valence-electron chi connectivity index (χ2n) is 5.86. The second kappa shape index (κ2) is 6.24. The Bertz CT molecular complexity index is 555. The Labute approximate surface area is 122 Å². The highest BCUT2D eigenvalue weighted by Crippen LogP contribution is 2.23. The first-order valence-electron chi connectivity index (χ1n) is 7.17. The van der Waals surface area contributed by atoms with Gasteiger partial charge in [-0.05, 0) is 38.2 Å². The molecule has 1 aromatic rings. The summed E-state index contributed by atoms with van der Waals surface area (Å²) in [6, 6.07) is 7.73. The lowest BCUT2D eigenvalue weighted by molar-refractivity contribution is 0.243.